The summed E-state index contributed by atoms with van der Waals surface area (Å²) in [4.78, 5) is 11.6. The van der Waals surface area contributed by atoms with Crippen LogP contribution >= 0.6 is 0 Å². The molecule has 0 saturated carbocycles. The third-order valence-corrected chi connectivity index (χ3v) is 2.43. The number of amides is 1. The molecule has 2 rings (SSSR count). The molecular weight excluding hydrogens is 192 g/mol. The average molecular weight is 206 g/mol. The Hall–Kier alpha value is -1.71. The van der Waals surface area contributed by atoms with Crippen LogP contribution in [0, 0.1) is 0 Å². The van der Waals surface area contributed by atoms with E-state index in [1.807, 2.05) is 25.2 Å². The normalized spacial score (nSPS) is 17.4. The Kier molecular flexibility index (Phi) is 2.07. The highest BCUT2D eigenvalue weighted by Gasteiger charge is 2.35. The predicted molar refractivity (Wildman–Crippen MR) is 59.3 cm³/mol. The van der Waals surface area contributed by atoms with E-state index in [1.165, 1.54) is 0 Å². The largest absolute Gasteiger partial charge is 0.476 e. The molecular formula is C11H14N2O2. The second-order valence-electron chi connectivity index (χ2n) is 4.03. The summed E-state index contributed by atoms with van der Waals surface area (Å²) < 4.78 is 5.59. The van der Waals surface area contributed by atoms with Crippen LogP contribution in [0.2, 0.25) is 0 Å². The van der Waals surface area contributed by atoms with Crippen molar-refractivity contribution in [1.82, 2.24) is 0 Å². The molecule has 15 heavy (non-hydrogen) atoms. The van der Waals surface area contributed by atoms with Crippen molar-refractivity contribution in [3.63, 3.8) is 0 Å². The lowest BCUT2D eigenvalue weighted by Gasteiger charge is -2.31. The Bertz CT molecular complexity index is 413. The highest BCUT2D eigenvalue weighted by molar-refractivity contribution is 6.00. The van der Waals surface area contributed by atoms with Gasteiger partial charge in [0.25, 0.3) is 5.91 Å². The van der Waals surface area contributed by atoms with E-state index in [-0.39, 0.29) is 5.91 Å². The third kappa shape index (κ3) is 1.63. The van der Waals surface area contributed by atoms with E-state index < -0.39 is 5.60 Å². The lowest BCUT2D eigenvalue weighted by molar-refractivity contribution is -0.129. The molecule has 0 saturated heterocycles. The minimum atomic E-state index is -0.797. The maximum atomic E-state index is 11.6. The molecule has 1 amide bonds. The molecule has 0 bridgehead atoms. The summed E-state index contributed by atoms with van der Waals surface area (Å²) in [7, 11) is 1.83. The van der Waals surface area contributed by atoms with E-state index in [2.05, 4.69) is 10.6 Å². The van der Waals surface area contributed by atoms with Crippen LogP contribution in [0.1, 0.15) is 13.8 Å². The highest BCUT2D eigenvalue weighted by Crippen LogP contribution is 2.35. The van der Waals surface area contributed by atoms with Crippen LogP contribution in [0.3, 0.4) is 0 Å². The smallest absolute Gasteiger partial charge is 0.268 e. The fraction of sp³-hybridized carbons (Fsp3) is 0.364. The summed E-state index contributed by atoms with van der Waals surface area (Å²) in [6, 6.07) is 5.61. The van der Waals surface area contributed by atoms with E-state index in [1.54, 1.807) is 13.8 Å². The molecule has 0 radical (unpaired) electrons. The fourth-order valence-electron chi connectivity index (χ4n) is 1.47. The lowest BCUT2D eigenvalue weighted by atomic mass is 10.1. The molecule has 80 valence electrons. The number of anilines is 2. The van der Waals surface area contributed by atoms with Gasteiger partial charge in [0.2, 0.25) is 0 Å². The Morgan fingerprint density at radius 3 is 2.80 bits per heavy atom. The van der Waals surface area contributed by atoms with Gasteiger partial charge in [0.05, 0.1) is 5.69 Å². The average Bonchev–Trinajstić information content (AvgIpc) is 2.19. The first kappa shape index (κ1) is 9.83. The molecule has 0 spiro atoms. The van der Waals surface area contributed by atoms with E-state index in [0.717, 1.165) is 5.69 Å². The molecule has 1 aliphatic heterocycles. The van der Waals surface area contributed by atoms with Crippen LogP contribution in [0.5, 0.6) is 5.75 Å². The molecule has 0 unspecified atom stereocenters. The van der Waals surface area contributed by atoms with Crippen molar-refractivity contribution < 1.29 is 9.53 Å². The molecule has 0 atom stereocenters. The fourth-order valence-corrected chi connectivity index (χ4v) is 1.47. The van der Waals surface area contributed by atoms with Crippen molar-refractivity contribution >= 4 is 17.3 Å². The minimum absolute atomic E-state index is 0.122. The lowest BCUT2D eigenvalue weighted by Crippen LogP contribution is -2.45. The van der Waals surface area contributed by atoms with Gasteiger partial charge < -0.3 is 15.4 Å². The van der Waals surface area contributed by atoms with Crippen molar-refractivity contribution in [2.45, 2.75) is 19.4 Å². The Morgan fingerprint density at radius 1 is 1.40 bits per heavy atom. The number of hydrogen-bond donors (Lipinski definition) is 2. The predicted octanol–water partition coefficient (Wildman–Crippen LogP) is 1.84. The molecule has 1 aliphatic rings. The number of benzene rings is 1. The van der Waals surface area contributed by atoms with Gasteiger partial charge >= 0.3 is 0 Å². The molecule has 4 heteroatoms. The van der Waals surface area contributed by atoms with Crippen LogP contribution in [-0.2, 0) is 4.79 Å². The number of ether oxygens (including phenoxy) is 1. The molecule has 0 aromatic heterocycles. The highest BCUT2D eigenvalue weighted by atomic mass is 16.5. The van der Waals surface area contributed by atoms with Crippen molar-refractivity contribution in [3.05, 3.63) is 18.2 Å². The Labute approximate surface area is 88.6 Å². The zero-order chi connectivity index (χ0) is 11.1. The quantitative estimate of drug-likeness (QED) is 0.737. The molecule has 4 nitrogen and oxygen atoms in total. The van der Waals surface area contributed by atoms with Crippen LogP contribution < -0.4 is 15.4 Å². The number of carbonyl (C=O) groups is 1. The van der Waals surface area contributed by atoms with E-state index in [9.17, 15) is 4.79 Å². The van der Waals surface area contributed by atoms with Gasteiger partial charge in [-0.15, -0.1) is 0 Å². The van der Waals surface area contributed by atoms with Gasteiger partial charge in [-0.05, 0) is 32.0 Å². The van der Waals surface area contributed by atoms with Crippen LogP contribution in [0.25, 0.3) is 0 Å². The van der Waals surface area contributed by atoms with Gasteiger partial charge in [-0.3, -0.25) is 4.79 Å². The molecule has 0 fully saturated rings. The number of hydrogen-bond acceptors (Lipinski definition) is 3. The van der Waals surface area contributed by atoms with Crippen LogP contribution in [0.15, 0.2) is 18.2 Å². The van der Waals surface area contributed by atoms with Gasteiger partial charge in [0.1, 0.15) is 5.75 Å². The number of carbonyl (C=O) groups excluding carboxylic acids is 1. The summed E-state index contributed by atoms with van der Waals surface area (Å²) in [6.07, 6.45) is 0. The summed E-state index contributed by atoms with van der Waals surface area (Å²) in [5.41, 5.74) is 0.859. The monoisotopic (exact) mass is 206 g/mol. The second-order valence-corrected chi connectivity index (χ2v) is 4.03. The van der Waals surface area contributed by atoms with Crippen molar-refractivity contribution in [2.75, 3.05) is 17.7 Å². The van der Waals surface area contributed by atoms with E-state index >= 15 is 0 Å². The summed E-state index contributed by atoms with van der Waals surface area (Å²) in [6.45, 7) is 3.49. The zero-order valence-corrected chi connectivity index (χ0v) is 9.05. The molecule has 1 aromatic carbocycles. The first-order valence-electron chi connectivity index (χ1n) is 4.85. The van der Waals surface area contributed by atoms with Crippen molar-refractivity contribution in [2.24, 2.45) is 0 Å². The molecule has 2 N–H and O–H groups in total. The maximum Gasteiger partial charge on any atom is 0.268 e. The molecule has 0 aliphatic carbocycles. The van der Waals surface area contributed by atoms with Gasteiger partial charge in [-0.2, -0.15) is 0 Å². The van der Waals surface area contributed by atoms with Gasteiger partial charge in [0.15, 0.2) is 5.60 Å². The van der Waals surface area contributed by atoms with Gasteiger partial charge in [-0.1, -0.05) is 0 Å². The number of rotatable bonds is 1. The zero-order valence-electron chi connectivity index (χ0n) is 9.05. The standard InChI is InChI=1S/C11H14N2O2/c1-11(2)10(14)13-8-6-7(12-3)4-5-9(8)15-11/h4-6,12H,1-3H3,(H,13,14). The van der Waals surface area contributed by atoms with Gasteiger partial charge in [-0.25, -0.2) is 0 Å². The number of nitrogens with one attached hydrogen (secondary N) is 2. The minimum Gasteiger partial charge on any atom is -0.476 e. The Morgan fingerprint density at radius 2 is 2.13 bits per heavy atom. The summed E-state index contributed by atoms with van der Waals surface area (Å²) in [5.74, 6) is 0.585. The SMILES string of the molecule is CNc1ccc2c(c1)NC(=O)C(C)(C)O2. The third-order valence-electron chi connectivity index (χ3n) is 2.43. The van der Waals surface area contributed by atoms with E-state index in [0.29, 0.717) is 11.4 Å². The molecule has 1 aromatic rings. The summed E-state index contributed by atoms with van der Waals surface area (Å²) >= 11 is 0. The van der Waals surface area contributed by atoms with Crippen LogP contribution in [0.4, 0.5) is 11.4 Å². The molecule has 1 heterocycles. The Balaban J connectivity index is 2.41. The first-order chi connectivity index (χ1) is 7.03. The maximum absolute atomic E-state index is 11.6. The number of fused-ring (bicyclic) bond motifs is 1. The van der Waals surface area contributed by atoms with Gasteiger partial charge in [0, 0.05) is 12.7 Å². The second kappa shape index (κ2) is 3.15. The van der Waals surface area contributed by atoms with Crippen molar-refractivity contribution in [1.29, 1.82) is 0 Å². The van der Waals surface area contributed by atoms with E-state index in [4.69, 9.17) is 4.74 Å². The van der Waals surface area contributed by atoms with Crippen LogP contribution in [-0.4, -0.2) is 18.6 Å². The summed E-state index contributed by atoms with van der Waals surface area (Å²) in [5, 5.41) is 5.83. The van der Waals surface area contributed by atoms with Crippen molar-refractivity contribution in [3.8, 4) is 5.75 Å². The topological polar surface area (TPSA) is 50.4 Å². The first-order valence-corrected chi connectivity index (χ1v) is 4.85.